The number of carbonyl (C=O) groups is 1. The summed E-state index contributed by atoms with van der Waals surface area (Å²) in [7, 11) is -4.17. The standard InChI is InChI=1S/C11H14O5S/c12-11(10-6-2-1-3-7-10)16-8-4-5-9-17(13,14)15/h1-3,6-7H,4-5,8-9H2,(H,13,14,15)/p-1. The molecule has 1 rings (SSSR count). The van der Waals surface area contributed by atoms with Gasteiger partial charge in [-0.2, -0.15) is 0 Å². The van der Waals surface area contributed by atoms with Gasteiger partial charge in [0, 0.05) is 5.75 Å². The third kappa shape index (κ3) is 6.03. The Labute approximate surface area is 100 Å². The van der Waals surface area contributed by atoms with Gasteiger partial charge < -0.3 is 9.29 Å². The van der Waals surface area contributed by atoms with Crippen molar-refractivity contribution in [3.05, 3.63) is 35.9 Å². The quantitative estimate of drug-likeness (QED) is 0.434. The van der Waals surface area contributed by atoms with E-state index in [1.807, 2.05) is 0 Å². The molecular weight excluding hydrogens is 244 g/mol. The van der Waals surface area contributed by atoms with Crippen LogP contribution < -0.4 is 0 Å². The number of ether oxygens (including phenoxy) is 1. The zero-order valence-electron chi connectivity index (χ0n) is 9.16. The van der Waals surface area contributed by atoms with Crippen LogP contribution in [0, 0.1) is 0 Å². The van der Waals surface area contributed by atoms with Crippen LogP contribution in [-0.2, 0) is 14.9 Å². The summed E-state index contributed by atoms with van der Waals surface area (Å²) in [6.45, 7) is 0.114. The Kier molecular flexibility index (Phi) is 5.11. The minimum Gasteiger partial charge on any atom is -0.748 e. The molecule has 0 aliphatic rings. The molecule has 0 N–H and O–H groups in total. The van der Waals surface area contributed by atoms with E-state index in [-0.39, 0.29) is 13.0 Å². The van der Waals surface area contributed by atoms with Crippen LogP contribution in [0.15, 0.2) is 30.3 Å². The van der Waals surface area contributed by atoms with E-state index < -0.39 is 21.8 Å². The normalized spacial score (nSPS) is 11.1. The third-order valence-electron chi connectivity index (χ3n) is 2.03. The summed E-state index contributed by atoms with van der Waals surface area (Å²) in [6, 6.07) is 8.49. The highest BCUT2D eigenvalue weighted by atomic mass is 32.2. The van der Waals surface area contributed by atoms with Crippen LogP contribution in [0.5, 0.6) is 0 Å². The zero-order chi connectivity index (χ0) is 12.7. The molecule has 0 unspecified atom stereocenters. The average molecular weight is 257 g/mol. The predicted octanol–water partition coefficient (Wildman–Crippen LogP) is 1.17. The maximum absolute atomic E-state index is 11.4. The highest BCUT2D eigenvalue weighted by Crippen LogP contribution is 2.02. The molecule has 0 aliphatic heterocycles. The van der Waals surface area contributed by atoms with Crippen molar-refractivity contribution in [1.29, 1.82) is 0 Å². The molecule has 0 radical (unpaired) electrons. The van der Waals surface area contributed by atoms with Crippen LogP contribution in [0.1, 0.15) is 23.2 Å². The van der Waals surface area contributed by atoms with E-state index in [2.05, 4.69) is 0 Å². The summed E-state index contributed by atoms with van der Waals surface area (Å²) < 4.78 is 35.8. The van der Waals surface area contributed by atoms with Gasteiger partial charge in [0.25, 0.3) is 0 Å². The van der Waals surface area contributed by atoms with Crippen molar-refractivity contribution >= 4 is 16.1 Å². The van der Waals surface area contributed by atoms with Crippen LogP contribution in [0.2, 0.25) is 0 Å². The van der Waals surface area contributed by atoms with Crippen LogP contribution in [0.3, 0.4) is 0 Å². The second-order valence-corrected chi connectivity index (χ2v) is 4.99. The lowest BCUT2D eigenvalue weighted by Gasteiger charge is -2.07. The van der Waals surface area contributed by atoms with Gasteiger partial charge in [0.2, 0.25) is 0 Å². The van der Waals surface area contributed by atoms with Gasteiger partial charge in [-0.15, -0.1) is 0 Å². The van der Waals surface area contributed by atoms with E-state index in [0.29, 0.717) is 12.0 Å². The minimum absolute atomic E-state index is 0.114. The molecule has 0 amide bonds. The van der Waals surface area contributed by atoms with Gasteiger partial charge in [-0.05, 0) is 25.0 Å². The molecule has 0 spiro atoms. The SMILES string of the molecule is O=C(OCCCCS(=O)(=O)[O-])c1ccccc1. The van der Waals surface area contributed by atoms with Gasteiger partial charge in [0.1, 0.15) is 0 Å². The lowest BCUT2D eigenvalue weighted by atomic mass is 10.2. The number of hydrogen-bond acceptors (Lipinski definition) is 5. The Bertz CT molecular complexity index is 452. The number of benzene rings is 1. The summed E-state index contributed by atoms with van der Waals surface area (Å²) in [5.41, 5.74) is 0.448. The molecule has 0 saturated heterocycles. The Hall–Kier alpha value is -1.40. The molecule has 0 bridgehead atoms. The van der Waals surface area contributed by atoms with E-state index in [1.165, 1.54) is 0 Å². The number of rotatable bonds is 6. The first kappa shape index (κ1) is 13.7. The van der Waals surface area contributed by atoms with E-state index >= 15 is 0 Å². The Morgan fingerprint density at radius 3 is 2.41 bits per heavy atom. The van der Waals surface area contributed by atoms with Gasteiger partial charge in [-0.1, -0.05) is 18.2 Å². The lowest BCUT2D eigenvalue weighted by Crippen LogP contribution is -2.09. The summed E-state index contributed by atoms with van der Waals surface area (Å²) in [6.07, 6.45) is 0.563. The van der Waals surface area contributed by atoms with Crippen LogP contribution in [-0.4, -0.2) is 31.3 Å². The largest absolute Gasteiger partial charge is 0.748 e. The average Bonchev–Trinajstić information content (AvgIpc) is 2.28. The summed E-state index contributed by atoms with van der Waals surface area (Å²) in [5, 5.41) is 0. The van der Waals surface area contributed by atoms with Crippen molar-refractivity contribution in [3.63, 3.8) is 0 Å². The first-order valence-electron chi connectivity index (χ1n) is 5.15. The number of carbonyl (C=O) groups excluding carboxylic acids is 1. The molecule has 94 valence electrons. The monoisotopic (exact) mass is 257 g/mol. The minimum atomic E-state index is -4.17. The second kappa shape index (κ2) is 6.36. The van der Waals surface area contributed by atoms with E-state index in [0.717, 1.165) is 0 Å². The number of unbranched alkanes of at least 4 members (excludes halogenated alkanes) is 1. The summed E-state index contributed by atoms with van der Waals surface area (Å²) in [5.74, 6) is -0.869. The van der Waals surface area contributed by atoms with Crippen molar-refractivity contribution in [2.45, 2.75) is 12.8 Å². The fourth-order valence-electron chi connectivity index (χ4n) is 1.20. The summed E-state index contributed by atoms with van der Waals surface area (Å²) >= 11 is 0. The maximum Gasteiger partial charge on any atom is 0.338 e. The maximum atomic E-state index is 11.4. The summed E-state index contributed by atoms with van der Waals surface area (Å²) in [4.78, 5) is 11.4. The molecule has 0 aliphatic carbocycles. The van der Waals surface area contributed by atoms with Crippen molar-refractivity contribution in [3.8, 4) is 0 Å². The molecule has 0 saturated carbocycles. The predicted molar refractivity (Wildman–Crippen MR) is 60.5 cm³/mol. The molecular formula is C11H13O5S-. The molecule has 1 aromatic carbocycles. The lowest BCUT2D eigenvalue weighted by molar-refractivity contribution is 0.0500. The van der Waals surface area contributed by atoms with Gasteiger partial charge in [-0.25, -0.2) is 13.2 Å². The van der Waals surface area contributed by atoms with E-state index in [4.69, 9.17) is 4.74 Å². The fraction of sp³-hybridized carbons (Fsp3) is 0.364. The van der Waals surface area contributed by atoms with Crippen molar-refractivity contribution in [2.24, 2.45) is 0 Å². The van der Waals surface area contributed by atoms with Crippen LogP contribution in [0.4, 0.5) is 0 Å². The van der Waals surface area contributed by atoms with Crippen molar-refractivity contribution in [1.82, 2.24) is 0 Å². The number of hydrogen-bond donors (Lipinski definition) is 0. The first-order chi connectivity index (χ1) is 7.99. The molecule has 0 atom stereocenters. The Morgan fingerprint density at radius 1 is 1.18 bits per heavy atom. The van der Waals surface area contributed by atoms with Crippen molar-refractivity contribution < 1.29 is 22.5 Å². The molecule has 0 heterocycles. The van der Waals surface area contributed by atoms with Gasteiger partial charge in [-0.3, -0.25) is 0 Å². The smallest absolute Gasteiger partial charge is 0.338 e. The van der Waals surface area contributed by atoms with Crippen LogP contribution >= 0.6 is 0 Å². The van der Waals surface area contributed by atoms with Crippen molar-refractivity contribution in [2.75, 3.05) is 12.4 Å². The number of esters is 1. The van der Waals surface area contributed by atoms with Gasteiger partial charge in [0.15, 0.2) is 0 Å². The van der Waals surface area contributed by atoms with E-state index in [1.54, 1.807) is 30.3 Å². The fourth-order valence-corrected chi connectivity index (χ4v) is 1.76. The van der Waals surface area contributed by atoms with Gasteiger partial charge >= 0.3 is 5.97 Å². The molecule has 5 nitrogen and oxygen atoms in total. The molecule has 17 heavy (non-hydrogen) atoms. The first-order valence-corrected chi connectivity index (χ1v) is 6.72. The Balaban J connectivity index is 2.22. The molecule has 0 fully saturated rings. The van der Waals surface area contributed by atoms with E-state index in [9.17, 15) is 17.8 Å². The van der Waals surface area contributed by atoms with Gasteiger partial charge in [0.05, 0.1) is 22.3 Å². The topological polar surface area (TPSA) is 83.5 Å². The molecule has 1 aromatic rings. The second-order valence-electron chi connectivity index (χ2n) is 3.47. The highest BCUT2D eigenvalue weighted by molar-refractivity contribution is 7.85. The third-order valence-corrected chi connectivity index (χ3v) is 2.82. The highest BCUT2D eigenvalue weighted by Gasteiger charge is 2.05. The van der Waals surface area contributed by atoms with Crippen LogP contribution in [0.25, 0.3) is 0 Å². The Morgan fingerprint density at radius 2 is 1.82 bits per heavy atom. The molecule has 0 aromatic heterocycles. The zero-order valence-corrected chi connectivity index (χ0v) is 9.98. The molecule has 6 heteroatoms.